The monoisotopic (exact) mass is 103 g/mol. The van der Waals surface area contributed by atoms with Crippen molar-refractivity contribution in [3.63, 3.8) is 0 Å². The highest BCUT2D eigenvalue weighted by Gasteiger charge is 1.82. The molecule has 0 aliphatic rings. The summed E-state index contributed by atoms with van der Waals surface area (Å²) in [7, 11) is 0.117. The third kappa shape index (κ3) is 4.18. The van der Waals surface area contributed by atoms with Crippen LogP contribution in [0.4, 0.5) is 0 Å². The van der Waals surface area contributed by atoms with Crippen LogP contribution in [0.15, 0.2) is 0 Å². The molecule has 0 amide bonds. The van der Waals surface area contributed by atoms with Crippen LogP contribution in [0, 0.1) is 0 Å². The van der Waals surface area contributed by atoms with Gasteiger partial charge in [0, 0.05) is 0 Å². The molecule has 0 aromatic rings. The molecule has 0 spiro atoms. The average Bonchev–Trinajstić information content (AvgIpc) is 1.35. The molecule has 0 aromatic carbocycles. The van der Waals surface area contributed by atoms with E-state index in [0.717, 1.165) is 0 Å². The van der Waals surface area contributed by atoms with Crippen LogP contribution in [0.2, 0.25) is 6.55 Å². The summed E-state index contributed by atoms with van der Waals surface area (Å²) in [6, 6.07) is 0.710. The Morgan fingerprint density at radius 3 is 2.00 bits per heavy atom. The zero-order valence-electron chi connectivity index (χ0n) is 4.78. The van der Waals surface area contributed by atoms with E-state index in [1.54, 1.807) is 0 Å². The summed E-state index contributed by atoms with van der Waals surface area (Å²) in [6.07, 6.45) is 0. The number of nitrogens with one attached hydrogen (secondary N) is 1. The van der Waals surface area contributed by atoms with Gasteiger partial charge in [0.2, 0.25) is 0 Å². The molecule has 0 bridgehead atoms. The Morgan fingerprint density at radius 2 is 2.00 bits per heavy atom. The number of rotatable bonds is 2. The van der Waals surface area contributed by atoms with E-state index < -0.39 is 0 Å². The van der Waals surface area contributed by atoms with Crippen LogP contribution in [0.1, 0.15) is 13.8 Å². The maximum absolute atomic E-state index is 3.35. The summed E-state index contributed by atoms with van der Waals surface area (Å²) < 4.78 is 0. The Labute approximate surface area is 42.0 Å². The Bertz CT molecular complexity index is 28.7. The van der Waals surface area contributed by atoms with Crippen molar-refractivity contribution in [2.24, 2.45) is 0 Å². The van der Waals surface area contributed by atoms with Gasteiger partial charge in [-0.2, -0.15) is 0 Å². The third-order valence-corrected chi connectivity index (χ3v) is 1.84. The van der Waals surface area contributed by atoms with Crippen molar-refractivity contribution in [3.05, 3.63) is 0 Å². The largest absolute Gasteiger partial charge is 0.340 e. The molecule has 0 saturated carbocycles. The summed E-state index contributed by atoms with van der Waals surface area (Å²) in [4.78, 5) is 3.35. The molecule has 0 fully saturated rings. The molecule has 0 rings (SSSR count). The Morgan fingerprint density at radius 1 is 1.50 bits per heavy atom. The molecule has 0 saturated heterocycles. The number of hydrogen-bond donors (Lipinski definition) is 1. The zero-order valence-corrected chi connectivity index (χ0v) is 6.20. The van der Waals surface area contributed by atoms with E-state index in [1.807, 2.05) is 0 Å². The second-order valence-electron chi connectivity index (χ2n) is 1.71. The maximum atomic E-state index is 3.35. The second kappa shape index (κ2) is 3.37. The molecule has 6 heavy (non-hydrogen) atoms. The molecule has 0 heterocycles. The van der Waals surface area contributed by atoms with E-state index in [-0.39, 0.29) is 9.68 Å². The summed E-state index contributed by atoms with van der Waals surface area (Å²) in [5.41, 5.74) is 0. The van der Waals surface area contributed by atoms with Crippen LogP contribution >= 0.6 is 0 Å². The van der Waals surface area contributed by atoms with Gasteiger partial charge in [-0.25, -0.2) is 0 Å². The van der Waals surface area contributed by atoms with Crippen molar-refractivity contribution in [1.82, 2.24) is 4.98 Å². The molecule has 38 valence electrons. The quantitative estimate of drug-likeness (QED) is 0.489. The zero-order chi connectivity index (χ0) is 4.99. The van der Waals surface area contributed by atoms with Crippen molar-refractivity contribution in [2.45, 2.75) is 26.4 Å². The molecule has 0 aliphatic heterocycles. The van der Waals surface area contributed by atoms with Gasteiger partial charge < -0.3 is 4.98 Å². The normalized spacial score (nSPS) is 12.0. The van der Waals surface area contributed by atoms with Gasteiger partial charge in [-0.05, 0) is 6.04 Å². The second-order valence-corrected chi connectivity index (χ2v) is 2.83. The van der Waals surface area contributed by atoms with Gasteiger partial charge in [0.05, 0.1) is 9.68 Å². The SMILES string of the molecule is C[SiH2]NC(C)C. The van der Waals surface area contributed by atoms with E-state index in [4.69, 9.17) is 0 Å². The van der Waals surface area contributed by atoms with E-state index in [2.05, 4.69) is 25.4 Å². The minimum Gasteiger partial charge on any atom is -0.340 e. The number of hydrogen-bond acceptors (Lipinski definition) is 1. The molecule has 0 aliphatic carbocycles. The molecule has 1 N–H and O–H groups in total. The van der Waals surface area contributed by atoms with Gasteiger partial charge in [-0.3, -0.25) is 0 Å². The first-order valence-electron chi connectivity index (χ1n) is 2.50. The lowest BCUT2D eigenvalue weighted by molar-refractivity contribution is 0.754. The Kier molecular flexibility index (Phi) is 3.47. The van der Waals surface area contributed by atoms with Crippen LogP contribution in [0.25, 0.3) is 0 Å². The first-order valence-corrected chi connectivity index (χ1v) is 4.63. The standard InChI is InChI=1S/C4H13NSi/c1-4(2)5-6-3/h4-5H,6H2,1-3H3. The first kappa shape index (κ1) is 6.18. The maximum Gasteiger partial charge on any atom is 0.0887 e. The van der Waals surface area contributed by atoms with Crippen molar-refractivity contribution in [1.29, 1.82) is 0 Å². The highest BCUT2D eigenvalue weighted by Crippen LogP contribution is 1.69. The lowest BCUT2D eigenvalue weighted by Gasteiger charge is -2.00. The van der Waals surface area contributed by atoms with Crippen molar-refractivity contribution in [3.8, 4) is 0 Å². The summed E-state index contributed by atoms with van der Waals surface area (Å²) in [5.74, 6) is 0. The third-order valence-electron chi connectivity index (χ3n) is 0.612. The van der Waals surface area contributed by atoms with Crippen LogP contribution in [-0.4, -0.2) is 15.7 Å². The lowest BCUT2D eigenvalue weighted by atomic mass is 10.4. The summed E-state index contributed by atoms with van der Waals surface area (Å²) >= 11 is 0. The van der Waals surface area contributed by atoms with Gasteiger partial charge in [0.15, 0.2) is 0 Å². The fourth-order valence-electron chi connectivity index (χ4n) is 0.408. The molecular formula is C4H13NSi. The van der Waals surface area contributed by atoms with Crippen LogP contribution < -0.4 is 4.98 Å². The van der Waals surface area contributed by atoms with Crippen LogP contribution in [-0.2, 0) is 0 Å². The molecule has 2 heteroatoms. The minimum absolute atomic E-state index is 0.117. The average molecular weight is 103 g/mol. The van der Waals surface area contributed by atoms with E-state index in [9.17, 15) is 0 Å². The van der Waals surface area contributed by atoms with Gasteiger partial charge >= 0.3 is 0 Å². The highest BCUT2D eigenvalue weighted by atomic mass is 28.2. The Hall–Kier alpha value is 0.177. The molecule has 0 aromatic heterocycles. The van der Waals surface area contributed by atoms with Gasteiger partial charge in [0.25, 0.3) is 0 Å². The molecule has 1 nitrogen and oxygen atoms in total. The smallest absolute Gasteiger partial charge is 0.0887 e. The van der Waals surface area contributed by atoms with Gasteiger partial charge in [-0.15, -0.1) is 0 Å². The van der Waals surface area contributed by atoms with E-state index in [1.165, 1.54) is 0 Å². The summed E-state index contributed by atoms with van der Waals surface area (Å²) in [6.45, 7) is 6.60. The first-order chi connectivity index (χ1) is 2.77. The van der Waals surface area contributed by atoms with Crippen LogP contribution in [0.5, 0.6) is 0 Å². The molecule has 0 unspecified atom stereocenters. The molecular weight excluding hydrogens is 90.1 g/mol. The Balaban J connectivity index is 2.63. The van der Waals surface area contributed by atoms with Gasteiger partial charge in [-0.1, -0.05) is 20.4 Å². The van der Waals surface area contributed by atoms with E-state index >= 15 is 0 Å². The fourth-order valence-corrected chi connectivity index (χ4v) is 1.22. The van der Waals surface area contributed by atoms with Gasteiger partial charge in [0.1, 0.15) is 0 Å². The van der Waals surface area contributed by atoms with E-state index in [0.29, 0.717) is 6.04 Å². The van der Waals surface area contributed by atoms with Crippen molar-refractivity contribution in [2.75, 3.05) is 0 Å². The molecule has 0 atom stereocenters. The van der Waals surface area contributed by atoms with Crippen LogP contribution in [0.3, 0.4) is 0 Å². The topological polar surface area (TPSA) is 12.0 Å². The van der Waals surface area contributed by atoms with Crippen molar-refractivity contribution < 1.29 is 0 Å². The minimum atomic E-state index is 0.117. The lowest BCUT2D eigenvalue weighted by Crippen LogP contribution is -2.24. The predicted octanol–water partition coefficient (Wildman–Crippen LogP) is 0.116. The predicted molar refractivity (Wildman–Crippen MR) is 32.7 cm³/mol. The van der Waals surface area contributed by atoms with Crippen molar-refractivity contribution >= 4 is 9.68 Å². The summed E-state index contributed by atoms with van der Waals surface area (Å²) in [5, 5.41) is 0. The fraction of sp³-hybridized carbons (Fsp3) is 1.00. The molecule has 0 radical (unpaired) electrons. The highest BCUT2D eigenvalue weighted by molar-refractivity contribution is 6.30.